The van der Waals surface area contributed by atoms with Crippen LogP contribution in [0.5, 0.6) is 5.75 Å². The highest BCUT2D eigenvalue weighted by atomic mass is 16.5. The number of ether oxygens (including phenoxy) is 1. The molecule has 1 aromatic rings. The van der Waals surface area contributed by atoms with E-state index in [1.54, 1.807) is 12.1 Å². The number of hydrogen-bond donors (Lipinski definition) is 1. The highest BCUT2D eigenvalue weighted by Gasteiger charge is 2.06. The van der Waals surface area contributed by atoms with Gasteiger partial charge in [0.15, 0.2) is 0 Å². The lowest BCUT2D eigenvalue weighted by Gasteiger charge is -2.12. The summed E-state index contributed by atoms with van der Waals surface area (Å²) >= 11 is 0. The van der Waals surface area contributed by atoms with Gasteiger partial charge in [0.2, 0.25) is 0 Å². The predicted octanol–water partition coefficient (Wildman–Crippen LogP) is 2.16. The van der Waals surface area contributed by atoms with Crippen molar-refractivity contribution in [3.8, 4) is 5.75 Å². The fraction of sp³-hybridized carbons (Fsp3) is 0.533. The molecule has 0 saturated heterocycles. The Hall–Kier alpha value is -1.55. The van der Waals surface area contributed by atoms with Gasteiger partial charge >= 0.3 is 0 Å². The van der Waals surface area contributed by atoms with Crippen molar-refractivity contribution in [3.05, 3.63) is 29.8 Å². The lowest BCUT2D eigenvalue weighted by atomic mass is 10.2. The number of amides is 1. The lowest BCUT2D eigenvalue weighted by Crippen LogP contribution is -2.27. The zero-order valence-electron chi connectivity index (χ0n) is 12.3. The molecule has 0 saturated carbocycles. The van der Waals surface area contributed by atoms with Gasteiger partial charge in [-0.05, 0) is 59.1 Å². The summed E-state index contributed by atoms with van der Waals surface area (Å²) in [4.78, 5) is 14.0. The Balaban J connectivity index is 2.47. The van der Waals surface area contributed by atoms with Crippen molar-refractivity contribution < 1.29 is 9.53 Å². The average Bonchev–Trinajstić information content (AvgIpc) is 2.33. The number of nitrogens with zero attached hydrogens (tertiary/aromatic N) is 1. The van der Waals surface area contributed by atoms with E-state index in [2.05, 4.69) is 10.2 Å². The van der Waals surface area contributed by atoms with Gasteiger partial charge in [0.1, 0.15) is 5.75 Å². The van der Waals surface area contributed by atoms with Gasteiger partial charge in [0, 0.05) is 12.1 Å². The molecule has 0 atom stereocenters. The third kappa shape index (κ3) is 6.25. The van der Waals surface area contributed by atoms with Crippen LogP contribution in [0.4, 0.5) is 0 Å². The van der Waals surface area contributed by atoms with Crippen LogP contribution < -0.4 is 10.1 Å². The molecular weight excluding hydrogens is 240 g/mol. The van der Waals surface area contributed by atoms with Crippen LogP contribution in [0, 0.1) is 0 Å². The number of carbonyl (C=O) groups excluding carboxylic acids is 1. The topological polar surface area (TPSA) is 41.6 Å². The van der Waals surface area contributed by atoms with E-state index < -0.39 is 0 Å². The first kappa shape index (κ1) is 15.5. The van der Waals surface area contributed by atoms with Crippen LogP contribution in [0.15, 0.2) is 24.3 Å². The molecule has 0 fully saturated rings. The second kappa shape index (κ2) is 7.79. The summed E-state index contributed by atoms with van der Waals surface area (Å²) in [6.45, 7) is 5.59. The maximum absolute atomic E-state index is 11.9. The average molecular weight is 264 g/mol. The third-order valence-corrected chi connectivity index (χ3v) is 2.54. The van der Waals surface area contributed by atoms with Crippen LogP contribution >= 0.6 is 0 Å². The predicted molar refractivity (Wildman–Crippen MR) is 77.7 cm³/mol. The molecule has 0 aliphatic carbocycles. The number of benzene rings is 1. The van der Waals surface area contributed by atoms with Crippen molar-refractivity contribution in [2.75, 3.05) is 27.2 Å². The van der Waals surface area contributed by atoms with Crippen molar-refractivity contribution in [1.82, 2.24) is 10.2 Å². The van der Waals surface area contributed by atoms with Crippen molar-refractivity contribution in [3.63, 3.8) is 0 Å². The second-order valence-corrected chi connectivity index (χ2v) is 5.11. The first-order valence-corrected chi connectivity index (χ1v) is 6.68. The van der Waals surface area contributed by atoms with Gasteiger partial charge in [-0.2, -0.15) is 0 Å². The Morgan fingerprint density at radius 2 is 2.11 bits per heavy atom. The molecule has 4 heteroatoms. The third-order valence-electron chi connectivity index (χ3n) is 2.54. The van der Waals surface area contributed by atoms with Crippen LogP contribution in [-0.4, -0.2) is 44.1 Å². The zero-order chi connectivity index (χ0) is 14.3. The summed E-state index contributed by atoms with van der Waals surface area (Å²) in [7, 11) is 4.04. The maximum Gasteiger partial charge on any atom is 0.251 e. The minimum absolute atomic E-state index is 0.0482. The van der Waals surface area contributed by atoms with Crippen molar-refractivity contribution in [2.24, 2.45) is 0 Å². The monoisotopic (exact) mass is 264 g/mol. The Labute approximate surface area is 115 Å². The molecule has 0 aliphatic heterocycles. The van der Waals surface area contributed by atoms with Gasteiger partial charge in [0.05, 0.1) is 6.10 Å². The molecule has 4 nitrogen and oxygen atoms in total. The molecule has 0 aliphatic rings. The molecule has 106 valence electrons. The molecule has 0 bridgehead atoms. The molecule has 0 spiro atoms. The Kier molecular flexibility index (Phi) is 6.36. The summed E-state index contributed by atoms with van der Waals surface area (Å²) in [5.74, 6) is 0.684. The second-order valence-electron chi connectivity index (χ2n) is 5.11. The van der Waals surface area contributed by atoms with Gasteiger partial charge in [0.25, 0.3) is 5.91 Å². The van der Waals surface area contributed by atoms with E-state index >= 15 is 0 Å². The SMILES string of the molecule is CC(C)Oc1cccc(C(=O)NCCCN(C)C)c1. The summed E-state index contributed by atoms with van der Waals surface area (Å²) in [5.41, 5.74) is 0.642. The fourth-order valence-electron chi connectivity index (χ4n) is 1.68. The summed E-state index contributed by atoms with van der Waals surface area (Å²) in [6, 6.07) is 7.28. The van der Waals surface area contributed by atoms with Crippen LogP contribution in [0.3, 0.4) is 0 Å². The van der Waals surface area contributed by atoms with E-state index in [-0.39, 0.29) is 12.0 Å². The number of nitrogens with one attached hydrogen (secondary N) is 1. The highest BCUT2D eigenvalue weighted by molar-refractivity contribution is 5.94. The summed E-state index contributed by atoms with van der Waals surface area (Å²) in [6.07, 6.45) is 1.05. The highest BCUT2D eigenvalue weighted by Crippen LogP contribution is 2.14. The minimum Gasteiger partial charge on any atom is -0.491 e. The minimum atomic E-state index is -0.0482. The Morgan fingerprint density at radius 1 is 1.37 bits per heavy atom. The van der Waals surface area contributed by atoms with Crippen molar-refractivity contribution >= 4 is 5.91 Å². The molecule has 0 heterocycles. The van der Waals surface area contributed by atoms with Gasteiger partial charge in [-0.3, -0.25) is 4.79 Å². The van der Waals surface area contributed by atoms with E-state index in [1.165, 1.54) is 0 Å². The summed E-state index contributed by atoms with van der Waals surface area (Å²) < 4.78 is 5.58. The standard InChI is InChI=1S/C15H24N2O2/c1-12(2)19-14-8-5-7-13(11-14)15(18)16-9-6-10-17(3)4/h5,7-8,11-12H,6,9-10H2,1-4H3,(H,16,18). The number of rotatable bonds is 7. The van der Waals surface area contributed by atoms with Gasteiger partial charge < -0.3 is 15.0 Å². The first-order chi connectivity index (χ1) is 8.99. The van der Waals surface area contributed by atoms with E-state index in [9.17, 15) is 4.79 Å². The smallest absolute Gasteiger partial charge is 0.251 e. The normalized spacial score (nSPS) is 10.8. The molecule has 0 aromatic heterocycles. The molecule has 0 unspecified atom stereocenters. The molecule has 0 radical (unpaired) electrons. The van der Waals surface area contributed by atoms with Crippen LogP contribution in [0.25, 0.3) is 0 Å². The molecule has 19 heavy (non-hydrogen) atoms. The van der Waals surface area contributed by atoms with Crippen molar-refractivity contribution in [2.45, 2.75) is 26.4 Å². The largest absolute Gasteiger partial charge is 0.491 e. The maximum atomic E-state index is 11.9. The molecule has 1 aromatic carbocycles. The van der Waals surface area contributed by atoms with Gasteiger partial charge in [-0.1, -0.05) is 6.07 Å². The zero-order valence-corrected chi connectivity index (χ0v) is 12.3. The van der Waals surface area contributed by atoms with Crippen molar-refractivity contribution in [1.29, 1.82) is 0 Å². The van der Waals surface area contributed by atoms with E-state index in [1.807, 2.05) is 40.1 Å². The van der Waals surface area contributed by atoms with E-state index in [0.29, 0.717) is 12.1 Å². The molecular formula is C15H24N2O2. The Bertz CT molecular complexity index is 403. The molecule has 1 N–H and O–H groups in total. The van der Waals surface area contributed by atoms with Crippen LogP contribution in [0.2, 0.25) is 0 Å². The number of carbonyl (C=O) groups is 1. The Morgan fingerprint density at radius 3 is 2.74 bits per heavy atom. The quantitative estimate of drug-likeness (QED) is 0.767. The van der Waals surface area contributed by atoms with E-state index in [0.717, 1.165) is 18.7 Å². The number of hydrogen-bond acceptors (Lipinski definition) is 3. The van der Waals surface area contributed by atoms with Crippen LogP contribution in [0.1, 0.15) is 30.6 Å². The van der Waals surface area contributed by atoms with Crippen LogP contribution in [-0.2, 0) is 0 Å². The van der Waals surface area contributed by atoms with Gasteiger partial charge in [-0.15, -0.1) is 0 Å². The van der Waals surface area contributed by atoms with Gasteiger partial charge in [-0.25, -0.2) is 0 Å². The first-order valence-electron chi connectivity index (χ1n) is 6.68. The molecule has 1 rings (SSSR count). The fourth-order valence-corrected chi connectivity index (χ4v) is 1.68. The van der Waals surface area contributed by atoms with E-state index in [4.69, 9.17) is 4.74 Å². The summed E-state index contributed by atoms with van der Waals surface area (Å²) in [5, 5.41) is 2.91. The molecule has 1 amide bonds. The lowest BCUT2D eigenvalue weighted by molar-refractivity contribution is 0.0951.